The van der Waals surface area contributed by atoms with Gasteiger partial charge in [-0.05, 0) is 38.5 Å². The van der Waals surface area contributed by atoms with Gasteiger partial charge in [0.2, 0.25) is 10.0 Å². The van der Waals surface area contributed by atoms with Crippen molar-refractivity contribution in [2.24, 2.45) is 17.1 Å². The van der Waals surface area contributed by atoms with E-state index in [1.165, 1.54) is 13.8 Å². The van der Waals surface area contributed by atoms with E-state index in [1.54, 1.807) is 0 Å². The van der Waals surface area contributed by atoms with Crippen molar-refractivity contribution >= 4 is 10.0 Å². The van der Waals surface area contributed by atoms with Gasteiger partial charge in [0.15, 0.2) is 0 Å². The van der Waals surface area contributed by atoms with Gasteiger partial charge in [0.1, 0.15) is 0 Å². The van der Waals surface area contributed by atoms with E-state index >= 15 is 0 Å². The molecule has 0 aromatic carbocycles. The quantitative estimate of drug-likeness (QED) is 0.814. The third-order valence-electron chi connectivity index (χ3n) is 5.01. The van der Waals surface area contributed by atoms with Crippen LogP contribution in [-0.2, 0) is 10.0 Å². The zero-order valence-corrected chi connectivity index (χ0v) is 13.1. The molecule has 0 amide bonds. The molecule has 2 fully saturated rings. The maximum Gasteiger partial charge on any atom is 0.251 e. The van der Waals surface area contributed by atoms with Crippen molar-refractivity contribution in [3.05, 3.63) is 0 Å². The predicted molar refractivity (Wildman–Crippen MR) is 74.0 cm³/mol. The lowest BCUT2D eigenvalue weighted by molar-refractivity contribution is -0.0768. The Kier molecular flexibility index (Phi) is 3.71. The molecular formula is C13H24F2N2O2S. The Bertz CT molecular complexity index is 487. The van der Waals surface area contributed by atoms with Gasteiger partial charge in [-0.2, -0.15) is 0 Å². The normalized spacial score (nSPS) is 34.7. The zero-order chi connectivity index (χ0) is 15.4. The van der Waals surface area contributed by atoms with Crippen LogP contribution in [0.1, 0.15) is 46.5 Å². The van der Waals surface area contributed by atoms with Gasteiger partial charge >= 0.3 is 0 Å². The van der Waals surface area contributed by atoms with Crippen molar-refractivity contribution in [1.29, 1.82) is 0 Å². The highest BCUT2D eigenvalue weighted by Gasteiger charge is 2.52. The van der Waals surface area contributed by atoms with Gasteiger partial charge in [-0.15, -0.1) is 0 Å². The summed E-state index contributed by atoms with van der Waals surface area (Å²) in [5, 5.41) is 0. The van der Waals surface area contributed by atoms with E-state index in [0.717, 1.165) is 32.6 Å². The highest BCUT2D eigenvalue weighted by Crippen LogP contribution is 2.46. The first-order valence-corrected chi connectivity index (χ1v) is 8.67. The van der Waals surface area contributed by atoms with Crippen molar-refractivity contribution in [2.75, 3.05) is 5.75 Å². The van der Waals surface area contributed by atoms with Gasteiger partial charge in [0.25, 0.3) is 5.92 Å². The summed E-state index contributed by atoms with van der Waals surface area (Å²) in [5.41, 5.74) is 4.12. The van der Waals surface area contributed by atoms with E-state index in [2.05, 4.69) is 4.72 Å². The van der Waals surface area contributed by atoms with Crippen LogP contribution in [0.15, 0.2) is 0 Å². The number of nitrogens with two attached hydrogens (primary N) is 1. The molecule has 2 saturated carbocycles. The first-order valence-electron chi connectivity index (χ1n) is 7.01. The third-order valence-corrected chi connectivity index (χ3v) is 6.76. The molecule has 0 spiro atoms. The number of halogens is 2. The van der Waals surface area contributed by atoms with Crippen LogP contribution >= 0.6 is 0 Å². The first-order chi connectivity index (χ1) is 8.85. The van der Waals surface area contributed by atoms with Crippen LogP contribution in [0, 0.1) is 11.3 Å². The average molecular weight is 310 g/mol. The molecule has 4 nitrogen and oxygen atoms in total. The van der Waals surface area contributed by atoms with Crippen LogP contribution in [0.3, 0.4) is 0 Å². The molecule has 2 aliphatic carbocycles. The van der Waals surface area contributed by atoms with Crippen LogP contribution in [0.5, 0.6) is 0 Å². The number of nitrogens with one attached hydrogen (secondary N) is 1. The Balaban J connectivity index is 2.06. The van der Waals surface area contributed by atoms with Crippen LogP contribution in [0.25, 0.3) is 0 Å². The number of hydrogen-bond acceptors (Lipinski definition) is 3. The van der Waals surface area contributed by atoms with Crippen LogP contribution in [0.4, 0.5) is 8.78 Å². The molecule has 2 bridgehead atoms. The van der Waals surface area contributed by atoms with Crippen molar-refractivity contribution in [3.8, 4) is 0 Å². The fourth-order valence-electron chi connectivity index (χ4n) is 3.33. The summed E-state index contributed by atoms with van der Waals surface area (Å²) in [4.78, 5) is 0. The van der Waals surface area contributed by atoms with Gasteiger partial charge in [-0.25, -0.2) is 21.9 Å². The first kappa shape index (κ1) is 16.1. The summed E-state index contributed by atoms with van der Waals surface area (Å²) < 4.78 is 53.8. The molecule has 3 N–H and O–H groups in total. The Labute approximate surface area is 119 Å². The summed E-state index contributed by atoms with van der Waals surface area (Å²) in [6, 6.07) is -0.312. The van der Waals surface area contributed by atoms with Crippen molar-refractivity contribution in [3.63, 3.8) is 0 Å². The van der Waals surface area contributed by atoms with Crippen LogP contribution in [-0.4, -0.2) is 31.7 Å². The minimum Gasteiger partial charge on any atom is -0.324 e. The fraction of sp³-hybridized carbons (Fsp3) is 1.00. The van der Waals surface area contributed by atoms with Crippen molar-refractivity contribution in [1.82, 2.24) is 4.72 Å². The predicted octanol–water partition coefficient (Wildman–Crippen LogP) is 1.86. The van der Waals surface area contributed by atoms with Gasteiger partial charge in [-0.3, -0.25) is 0 Å². The monoisotopic (exact) mass is 310 g/mol. The molecule has 2 rings (SSSR count). The van der Waals surface area contributed by atoms with Crippen molar-refractivity contribution in [2.45, 2.75) is 64.0 Å². The molecule has 7 heteroatoms. The molecular weight excluding hydrogens is 286 g/mol. The highest BCUT2D eigenvalue weighted by molar-refractivity contribution is 7.89. The Morgan fingerprint density at radius 1 is 1.35 bits per heavy atom. The Morgan fingerprint density at radius 2 is 1.95 bits per heavy atom. The van der Waals surface area contributed by atoms with E-state index in [0.29, 0.717) is 5.92 Å². The Hall–Kier alpha value is -0.270. The average Bonchev–Trinajstić information content (AvgIpc) is 2.68. The second-order valence-corrected chi connectivity index (χ2v) is 9.03. The standard InChI is InChI=1S/C13H24F2N2O2S/c1-11(2,12(3,14)15)8-20(18,19)17-10-6-9-4-5-13(10,16)7-9/h9-10,17H,4-8,16H2,1-3H3. The summed E-state index contributed by atoms with van der Waals surface area (Å²) in [6.45, 7) is 3.29. The lowest BCUT2D eigenvalue weighted by Gasteiger charge is -2.35. The number of alkyl halides is 2. The zero-order valence-electron chi connectivity index (χ0n) is 12.2. The molecule has 3 atom stereocenters. The molecule has 0 aliphatic heterocycles. The SMILES string of the molecule is CC(F)(F)C(C)(C)CS(=O)(=O)NC1CC2CCC1(N)C2. The van der Waals surface area contributed by atoms with Gasteiger partial charge in [0.05, 0.1) is 5.75 Å². The second kappa shape index (κ2) is 4.61. The number of hydrogen-bond donors (Lipinski definition) is 2. The molecule has 2 aliphatic rings. The minimum atomic E-state index is -3.78. The van der Waals surface area contributed by atoms with E-state index in [-0.39, 0.29) is 6.04 Å². The largest absolute Gasteiger partial charge is 0.324 e. The summed E-state index contributed by atoms with van der Waals surface area (Å²) in [5.74, 6) is -3.19. The second-order valence-electron chi connectivity index (χ2n) is 7.28. The number of rotatable bonds is 5. The van der Waals surface area contributed by atoms with Gasteiger partial charge < -0.3 is 5.73 Å². The fourth-order valence-corrected chi connectivity index (χ4v) is 5.38. The van der Waals surface area contributed by atoms with Gasteiger partial charge in [-0.1, -0.05) is 13.8 Å². The molecule has 3 unspecified atom stereocenters. The number of sulfonamides is 1. The lowest BCUT2D eigenvalue weighted by Crippen LogP contribution is -2.56. The summed E-state index contributed by atoms with van der Waals surface area (Å²) in [7, 11) is -3.78. The third kappa shape index (κ3) is 2.99. The molecule has 0 saturated heterocycles. The number of fused-ring (bicyclic) bond motifs is 2. The highest BCUT2D eigenvalue weighted by atomic mass is 32.2. The maximum atomic E-state index is 13.5. The van der Waals surface area contributed by atoms with E-state index in [9.17, 15) is 17.2 Å². The molecule has 0 heterocycles. The van der Waals surface area contributed by atoms with E-state index < -0.39 is 32.7 Å². The minimum absolute atomic E-state index is 0.312. The summed E-state index contributed by atoms with van der Waals surface area (Å²) >= 11 is 0. The van der Waals surface area contributed by atoms with Crippen LogP contribution in [0.2, 0.25) is 0 Å². The molecule has 0 aromatic rings. The molecule has 20 heavy (non-hydrogen) atoms. The van der Waals surface area contributed by atoms with Crippen molar-refractivity contribution < 1.29 is 17.2 Å². The smallest absolute Gasteiger partial charge is 0.251 e. The molecule has 0 radical (unpaired) electrons. The van der Waals surface area contributed by atoms with E-state index in [4.69, 9.17) is 5.73 Å². The lowest BCUT2D eigenvalue weighted by atomic mass is 9.89. The Morgan fingerprint density at radius 3 is 2.35 bits per heavy atom. The topological polar surface area (TPSA) is 72.2 Å². The van der Waals surface area contributed by atoms with Gasteiger partial charge in [0, 0.05) is 17.0 Å². The molecule has 0 aromatic heterocycles. The maximum absolute atomic E-state index is 13.5. The van der Waals surface area contributed by atoms with E-state index in [1.807, 2.05) is 0 Å². The van der Waals surface area contributed by atoms with Crippen LogP contribution < -0.4 is 10.5 Å². The molecule has 118 valence electrons. The summed E-state index contributed by atoms with van der Waals surface area (Å²) in [6.07, 6.45) is 3.39.